The standard InChI is InChI=1S/C18H22BrN3O4/c1-25-6-5-22-10-14-11(7-15(19)17-13(14)9-20-21-17)3-4-12(18(22)24)8-16(23)26-2/h7,9,12H,3-6,8,10H2,1-2H3,(H,20,21)/t12-/m0/s1. The third-order valence-corrected chi connectivity index (χ3v) is 5.50. The van der Waals surface area contributed by atoms with Gasteiger partial charge in [0.05, 0.1) is 31.9 Å². The largest absolute Gasteiger partial charge is 0.469 e. The fraction of sp³-hybridized carbons (Fsp3) is 0.500. The third-order valence-electron chi connectivity index (χ3n) is 4.87. The number of aryl methyl sites for hydroxylation is 1. The summed E-state index contributed by atoms with van der Waals surface area (Å²) >= 11 is 3.59. The predicted octanol–water partition coefficient (Wildman–Crippen LogP) is 2.43. The van der Waals surface area contributed by atoms with Gasteiger partial charge in [-0.2, -0.15) is 5.10 Å². The van der Waals surface area contributed by atoms with Crippen molar-refractivity contribution in [2.24, 2.45) is 5.92 Å². The highest BCUT2D eigenvalue weighted by Gasteiger charge is 2.30. The van der Waals surface area contributed by atoms with E-state index in [-0.39, 0.29) is 24.2 Å². The Morgan fingerprint density at radius 2 is 2.27 bits per heavy atom. The summed E-state index contributed by atoms with van der Waals surface area (Å²) in [4.78, 5) is 26.6. The smallest absolute Gasteiger partial charge is 0.306 e. The number of H-pyrrole nitrogens is 1. The van der Waals surface area contributed by atoms with Gasteiger partial charge in [0.1, 0.15) is 0 Å². The monoisotopic (exact) mass is 423 g/mol. The first-order valence-corrected chi connectivity index (χ1v) is 9.32. The Morgan fingerprint density at radius 3 is 3.00 bits per heavy atom. The lowest BCUT2D eigenvalue weighted by Crippen LogP contribution is -2.40. The lowest BCUT2D eigenvalue weighted by atomic mass is 9.89. The number of nitrogens with one attached hydrogen (secondary N) is 1. The van der Waals surface area contributed by atoms with E-state index in [0.29, 0.717) is 26.1 Å². The zero-order chi connectivity index (χ0) is 18.7. The number of methoxy groups -OCH3 is 2. The molecular formula is C18H22BrN3O4. The molecular weight excluding hydrogens is 402 g/mol. The van der Waals surface area contributed by atoms with E-state index >= 15 is 0 Å². The quantitative estimate of drug-likeness (QED) is 0.746. The first-order valence-electron chi connectivity index (χ1n) is 8.53. The molecule has 1 atom stereocenters. The van der Waals surface area contributed by atoms with E-state index in [4.69, 9.17) is 9.47 Å². The van der Waals surface area contributed by atoms with Crippen molar-refractivity contribution in [1.82, 2.24) is 15.1 Å². The number of aromatic nitrogens is 2. The first kappa shape index (κ1) is 18.8. The maximum atomic E-state index is 13.0. The van der Waals surface area contributed by atoms with E-state index in [1.54, 1.807) is 18.2 Å². The molecule has 2 heterocycles. The molecule has 0 bridgehead atoms. The van der Waals surface area contributed by atoms with Crippen LogP contribution in [-0.2, 0) is 32.0 Å². The minimum Gasteiger partial charge on any atom is -0.469 e. The van der Waals surface area contributed by atoms with Crippen LogP contribution in [0.25, 0.3) is 10.9 Å². The fourth-order valence-electron chi connectivity index (χ4n) is 3.44. The first-order chi connectivity index (χ1) is 12.5. The van der Waals surface area contributed by atoms with Crippen LogP contribution in [0.15, 0.2) is 16.7 Å². The Balaban J connectivity index is 1.99. The van der Waals surface area contributed by atoms with Crippen LogP contribution in [0.4, 0.5) is 0 Å². The number of aromatic amines is 1. The molecule has 26 heavy (non-hydrogen) atoms. The summed E-state index contributed by atoms with van der Waals surface area (Å²) in [6.45, 7) is 1.39. The number of halogens is 1. The van der Waals surface area contributed by atoms with Crippen LogP contribution in [0.1, 0.15) is 24.0 Å². The van der Waals surface area contributed by atoms with Crippen molar-refractivity contribution in [2.45, 2.75) is 25.8 Å². The minimum absolute atomic E-state index is 0.0299. The van der Waals surface area contributed by atoms with Crippen molar-refractivity contribution in [3.63, 3.8) is 0 Å². The molecule has 1 aromatic carbocycles. The zero-order valence-electron chi connectivity index (χ0n) is 14.9. The lowest BCUT2D eigenvalue weighted by Gasteiger charge is -2.31. The van der Waals surface area contributed by atoms with Gasteiger partial charge in [-0.3, -0.25) is 14.7 Å². The van der Waals surface area contributed by atoms with Crippen molar-refractivity contribution >= 4 is 38.7 Å². The maximum absolute atomic E-state index is 13.0. The van der Waals surface area contributed by atoms with Gasteiger partial charge in [-0.1, -0.05) is 0 Å². The van der Waals surface area contributed by atoms with E-state index in [2.05, 4.69) is 32.2 Å². The summed E-state index contributed by atoms with van der Waals surface area (Å²) in [7, 11) is 2.96. The average molecular weight is 424 g/mol. The summed E-state index contributed by atoms with van der Waals surface area (Å²) < 4.78 is 10.9. The molecule has 0 aliphatic carbocycles. The second-order valence-electron chi connectivity index (χ2n) is 6.42. The van der Waals surface area contributed by atoms with Gasteiger partial charge >= 0.3 is 5.97 Å². The molecule has 1 aliphatic heterocycles. The van der Waals surface area contributed by atoms with Gasteiger partial charge in [-0.25, -0.2) is 0 Å². The highest BCUT2D eigenvalue weighted by molar-refractivity contribution is 9.10. The van der Waals surface area contributed by atoms with Gasteiger partial charge in [0.25, 0.3) is 0 Å². The van der Waals surface area contributed by atoms with Crippen LogP contribution in [-0.4, -0.2) is 54.3 Å². The molecule has 0 saturated carbocycles. The second-order valence-corrected chi connectivity index (χ2v) is 7.28. The Bertz CT molecular complexity index is 820. The van der Waals surface area contributed by atoms with Crippen molar-refractivity contribution in [1.29, 1.82) is 0 Å². The number of benzene rings is 1. The summed E-state index contributed by atoms with van der Waals surface area (Å²) in [6.07, 6.45) is 3.22. The van der Waals surface area contributed by atoms with E-state index < -0.39 is 0 Å². The number of fused-ring (bicyclic) bond motifs is 3. The number of carbonyl (C=O) groups excluding carboxylic acids is 2. The summed E-state index contributed by atoms with van der Waals surface area (Å²) in [5.74, 6) is -0.772. The Labute approximate surface area is 160 Å². The Hall–Kier alpha value is -1.93. The van der Waals surface area contributed by atoms with E-state index in [1.165, 1.54) is 7.11 Å². The van der Waals surface area contributed by atoms with Gasteiger partial charge in [0.2, 0.25) is 5.91 Å². The molecule has 1 aliphatic rings. The van der Waals surface area contributed by atoms with Crippen LogP contribution >= 0.6 is 15.9 Å². The zero-order valence-corrected chi connectivity index (χ0v) is 16.5. The third kappa shape index (κ3) is 3.76. The lowest BCUT2D eigenvalue weighted by molar-refractivity contribution is -0.147. The van der Waals surface area contributed by atoms with E-state index in [9.17, 15) is 9.59 Å². The normalized spacial score (nSPS) is 17.7. The fourth-order valence-corrected chi connectivity index (χ4v) is 4.02. The molecule has 1 N–H and O–H groups in total. The number of amides is 1. The molecule has 2 aromatic rings. The number of ether oxygens (including phenoxy) is 2. The van der Waals surface area contributed by atoms with Gasteiger partial charge in [0, 0.05) is 36.0 Å². The summed E-state index contributed by atoms with van der Waals surface area (Å²) in [5, 5.41) is 8.16. The van der Waals surface area contributed by atoms with Crippen molar-refractivity contribution in [3.05, 3.63) is 27.9 Å². The highest BCUT2D eigenvalue weighted by Crippen LogP contribution is 2.33. The van der Waals surface area contributed by atoms with E-state index in [0.717, 1.165) is 32.9 Å². The number of rotatable bonds is 5. The molecule has 1 aromatic heterocycles. The number of carbonyl (C=O) groups is 2. The number of hydrogen-bond donors (Lipinski definition) is 1. The molecule has 7 nitrogen and oxygen atoms in total. The number of nitrogens with zero attached hydrogens (tertiary/aromatic N) is 2. The highest BCUT2D eigenvalue weighted by atomic mass is 79.9. The Morgan fingerprint density at radius 1 is 1.46 bits per heavy atom. The molecule has 8 heteroatoms. The molecule has 1 amide bonds. The molecule has 0 unspecified atom stereocenters. The van der Waals surface area contributed by atoms with Crippen molar-refractivity contribution in [3.8, 4) is 0 Å². The Kier molecular flexibility index (Phi) is 5.93. The van der Waals surface area contributed by atoms with Crippen LogP contribution in [0, 0.1) is 5.92 Å². The van der Waals surface area contributed by atoms with Crippen LogP contribution in [0.5, 0.6) is 0 Å². The number of esters is 1. The minimum atomic E-state index is -0.383. The molecule has 3 rings (SSSR count). The molecule has 140 valence electrons. The number of hydrogen-bond acceptors (Lipinski definition) is 5. The SMILES string of the molecule is COCCN1Cc2c(cc(Br)c3[nH]ncc23)CC[C@@H](CC(=O)OC)C1=O. The van der Waals surface area contributed by atoms with Gasteiger partial charge in [-0.15, -0.1) is 0 Å². The second kappa shape index (κ2) is 8.18. The molecule has 0 radical (unpaired) electrons. The molecule has 0 saturated heterocycles. The average Bonchev–Trinajstić information content (AvgIpc) is 3.12. The topological polar surface area (TPSA) is 84.5 Å². The van der Waals surface area contributed by atoms with Crippen LogP contribution in [0.2, 0.25) is 0 Å². The summed E-state index contributed by atoms with van der Waals surface area (Å²) in [5.41, 5.74) is 3.18. The van der Waals surface area contributed by atoms with Crippen LogP contribution < -0.4 is 0 Å². The van der Waals surface area contributed by atoms with E-state index in [1.807, 2.05) is 0 Å². The molecule has 0 fully saturated rings. The van der Waals surface area contributed by atoms with Gasteiger partial charge in [0.15, 0.2) is 0 Å². The van der Waals surface area contributed by atoms with Gasteiger partial charge in [-0.05, 0) is 46.0 Å². The molecule has 0 spiro atoms. The summed E-state index contributed by atoms with van der Waals surface area (Å²) in [6, 6.07) is 2.08. The predicted molar refractivity (Wildman–Crippen MR) is 99.5 cm³/mol. The van der Waals surface area contributed by atoms with Crippen LogP contribution in [0.3, 0.4) is 0 Å². The van der Waals surface area contributed by atoms with Crippen molar-refractivity contribution in [2.75, 3.05) is 27.4 Å². The van der Waals surface area contributed by atoms with Gasteiger partial charge < -0.3 is 14.4 Å². The van der Waals surface area contributed by atoms with Crippen molar-refractivity contribution < 1.29 is 19.1 Å². The maximum Gasteiger partial charge on any atom is 0.306 e.